The first-order valence-electron chi connectivity index (χ1n) is 5.87. The van der Waals surface area contributed by atoms with E-state index >= 15 is 0 Å². The van der Waals surface area contributed by atoms with E-state index in [1.807, 2.05) is 6.07 Å². The summed E-state index contributed by atoms with van der Waals surface area (Å²) in [4.78, 5) is 33.3. The quantitative estimate of drug-likeness (QED) is 0.692. The van der Waals surface area contributed by atoms with E-state index in [1.165, 1.54) is 0 Å². The molecule has 1 rings (SSSR count). The number of benzene rings is 1. The summed E-state index contributed by atoms with van der Waals surface area (Å²) in [6.45, 7) is 1.80. The number of aryl methyl sites for hydroxylation is 1. The number of amides is 2. The summed E-state index contributed by atoms with van der Waals surface area (Å²) in [5.41, 5.74) is 5.83. The van der Waals surface area contributed by atoms with Gasteiger partial charge in [-0.25, -0.2) is 0 Å². The van der Waals surface area contributed by atoms with Crippen molar-refractivity contribution in [2.24, 2.45) is 0 Å². The van der Waals surface area contributed by atoms with Gasteiger partial charge in [-0.15, -0.1) is 0 Å². The minimum absolute atomic E-state index is 0.0559. The maximum atomic E-state index is 11.7. The van der Waals surface area contributed by atoms with E-state index in [9.17, 15) is 14.4 Å². The molecule has 0 aliphatic rings. The smallest absolute Gasteiger partial charge is 0.303 e. The molecule has 2 amide bonds. The lowest BCUT2D eigenvalue weighted by Crippen LogP contribution is -2.41. The lowest BCUT2D eigenvalue weighted by molar-refractivity contribution is -0.137. The van der Waals surface area contributed by atoms with Gasteiger partial charge in [-0.1, -0.05) is 18.2 Å². The number of hydrogen-bond acceptors (Lipinski definition) is 3. The third-order valence-electron chi connectivity index (χ3n) is 2.50. The second-order valence-electron chi connectivity index (χ2n) is 4.06. The van der Waals surface area contributed by atoms with Crippen LogP contribution in [0.2, 0.25) is 0 Å². The van der Waals surface area contributed by atoms with E-state index in [0.717, 1.165) is 5.56 Å². The van der Waals surface area contributed by atoms with Crippen LogP contribution in [-0.4, -0.2) is 22.9 Å². The average Bonchev–Trinajstić information content (AvgIpc) is 2.36. The van der Waals surface area contributed by atoms with Gasteiger partial charge in [0.15, 0.2) is 0 Å². The lowest BCUT2D eigenvalue weighted by Gasteiger charge is -2.08. The third kappa shape index (κ3) is 5.20. The van der Waals surface area contributed by atoms with Gasteiger partial charge >= 0.3 is 5.97 Å². The molecule has 0 saturated carbocycles. The average molecular weight is 264 g/mol. The third-order valence-corrected chi connectivity index (χ3v) is 2.50. The molecule has 0 aliphatic heterocycles. The maximum Gasteiger partial charge on any atom is 0.303 e. The van der Waals surface area contributed by atoms with Crippen molar-refractivity contribution in [2.45, 2.75) is 26.2 Å². The van der Waals surface area contributed by atoms with Crippen molar-refractivity contribution in [2.75, 3.05) is 0 Å². The van der Waals surface area contributed by atoms with Gasteiger partial charge in [0.1, 0.15) is 0 Å². The Morgan fingerprint density at radius 2 is 1.79 bits per heavy atom. The highest BCUT2D eigenvalue weighted by molar-refractivity contribution is 5.96. The highest BCUT2D eigenvalue weighted by Gasteiger charge is 2.09. The molecule has 0 aliphatic carbocycles. The molecule has 0 fully saturated rings. The number of carbonyl (C=O) groups is 3. The molecule has 1 aromatic rings. The molecule has 3 N–H and O–H groups in total. The summed E-state index contributed by atoms with van der Waals surface area (Å²) in [6.07, 6.45) is 0.223. The summed E-state index contributed by atoms with van der Waals surface area (Å²) >= 11 is 0. The van der Waals surface area contributed by atoms with E-state index < -0.39 is 17.8 Å². The molecule has 0 radical (unpaired) electrons. The van der Waals surface area contributed by atoms with Crippen LogP contribution in [0.25, 0.3) is 0 Å². The fourth-order valence-electron chi connectivity index (χ4n) is 1.48. The SMILES string of the molecule is Cc1ccccc1C(=O)NNC(=O)CCCC(=O)O. The number of aliphatic carboxylic acids is 1. The molecule has 0 atom stereocenters. The van der Waals surface area contributed by atoms with Crippen molar-refractivity contribution in [1.29, 1.82) is 0 Å². The van der Waals surface area contributed by atoms with Gasteiger partial charge in [-0.2, -0.15) is 0 Å². The van der Waals surface area contributed by atoms with Crippen molar-refractivity contribution in [3.63, 3.8) is 0 Å². The van der Waals surface area contributed by atoms with Crippen LogP contribution in [-0.2, 0) is 9.59 Å². The van der Waals surface area contributed by atoms with Crippen LogP contribution in [0.5, 0.6) is 0 Å². The van der Waals surface area contributed by atoms with E-state index in [4.69, 9.17) is 5.11 Å². The normalized spacial score (nSPS) is 9.74. The highest BCUT2D eigenvalue weighted by Crippen LogP contribution is 2.05. The first-order valence-corrected chi connectivity index (χ1v) is 5.87. The van der Waals surface area contributed by atoms with Gasteiger partial charge in [0.05, 0.1) is 0 Å². The summed E-state index contributed by atoms with van der Waals surface area (Å²) in [6, 6.07) is 7.00. The van der Waals surface area contributed by atoms with Gasteiger partial charge in [0.2, 0.25) is 5.91 Å². The Hall–Kier alpha value is -2.37. The van der Waals surface area contributed by atoms with Crippen molar-refractivity contribution >= 4 is 17.8 Å². The minimum Gasteiger partial charge on any atom is -0.481 e. The van der Waals surface area contributed by atoms with Crippen LogP contribution < -0.4 is 10.9 Å². The highest BCUT2D eigenvalue weighted by atomic mass is 16.4. The van der Waals surface area contributed by atoms with E-state index in [2.05, 4.69) is 10.9 Å². The van der Waals surface area contributed by atoms with Gasteiger partial charge in [-0.05, 0) is 25.0 Å². The molecule has 6 nitrogen and oxygen atoms in total. The predicted octanol–water partition coefficient (Wildman–Crippen LogP) is 1.01. The molecule has 0 saturated heterocycles. The zero-order valence-corrected chi connectivity index (χ0v) is 10.6. The van der Waals surface area contributed by atoms with Crippen LogP contribution >= 0.6 is 0 Å². The van der Waals surface area contributed by atoms with Crippen molar-refractivity contribution < 1.29 is 19.5 Å². The first-order chi connectivity index (χ1) is 9.00. The van der Waals surface area contributed by atoms with Crippen molar-refractivity contribution in [3.05, 3.63) is 35.4 Å². The van der Waals surface area contributed by atoms with Gasteiger partial charge in [0, 0.05) is 18.4 Å². The Labute approximate surface area is 110 Å². The Kier molecular flexibility index (Phi) is 5.53. The van der Waals surface area contributed by atoms with Crippen LogP contribution in [0.3, 0.4) is 0 Å². The van der Waals surface area contributed by atoms with E-state index in [1.54, 1.807) is 25.1 Å². The van der Waals surface area contributed by atoms with E-state index in [-0.39, 0.29) is 19.3 Å². The van der Waals surface area contributed by atoms with Crippen LogP contribution in [0.15, 0.2) is 24.3 Å². The van der Waals surface area contributed by atoms with Crippen LogP contribution in [0.1, 0.15) is 35.2 Å². The Morgan fingerprint density at radius 3 is 2.42 bits per heavy atom. The maximum absolute atomic E-state index is 11.7. The van der Waals surface area contributed by atoms with Crippen LogP contribution in [0.4, 0.5) is 0 Å². The summed E-state index contributed by atoms with van der Waals surface area (Å²) in [7, 11) is 0. The Bertz CT molecular complexity index is 485. The predicted molar refractivity (Wildman–Crippen MR) is 68.3 cm³/mol. The zero-order valence-electron chi connectivity index (χ0n) is 10.6. The monoisotopic (exact) mass is 264 g/mol. The number of hydrogen-bond donors (Lipinski definition) is 3. The molecular weight excluding hydrogens is 248 g/mol. The van der Waals surface area contributed by atoms with E-state index in [0.29, 0.717) is 5.56 Å². The second-order valence-corrected chi connectivity index (χ2v) is 4.06. The number of rotatable bonds is 5. The molecule has 0 unspecified atom stereocenters. The molecule has 0 bridgehead atoms. The number of nitrogens with one attached hydrogen (secondary N) is 2. The summed E-state index contributed by atoms with van der Waals surface area (Å²) in [5.74, 6) is -1.76. The van der Waals surface area contributed by atoms with Gasteiger partial charge < -0.3 is 5.11 Å². The fourth-order valence-corrected chi connectivity index (χ4v) is 1.48. The topological polar surface area (TPSA) is 95.5 Å². The van der Waals surface area contributed by atoms with Gasteiger partial charge in [0.25, 0.3) is 5.91 Å². The molecule has 1 aromatic carbocycles. The fraction of sp³-hybridized carbons (Fsp3) is 0.308. The zero-order chi connectivity index (χ0) is 14.3. The minimum atomic E-state index is -0.947. The standard InChI is InChI=1S/C13H16N2O4/c1-9-5-2-3-6-10(9)13(19)15-14-11(16)7-4-8-12(17)18/h2-3,5-6H,4,7-8H2,1H3,(H,14,16)(H,15,19)(H,17,18). The molecule has 19 heavy (non-hydrogen) atoms. The molecule has 0 spiro atoms. The van der Waals surface area contributed by atoms with Crippen molar-refractivity contribution in [3.8, 4) is 0 Å². The number of carboxylic acid groups (broad SMARTS) is 1. The molecule has 6 heteroatoms. The lowest BCUT2D eigenvalue weighted by atomic mass is 10.1. The van der Waals surface area contributed by atoms with Gasteiger partial charge in [-0.3, -0.25) is 25.2 Å². The van der Waals surface area contributed by atoms with Crippen LogP contribution in [0, 0.1) is 6.92 Å². The molecule has 0 aromatic heterocycles. The molecular formula is C13H16N2O4. The Balaban J connectivity index is 2.36. The Morgan fingerprint density at radius 1 is 1.11 bits per heavy atom. The second kappa shape index (κ2) is 7.15. The summed E-state index contributed by atoms with van der Waals surface area (Å²) in [5, 5.41) is 8.42. The number of carboxylic acids is 1. The number of hydrazine groups is 1. The first kappa shape index (κ1) is 14.7. The number of carbonyl (C=O) groups excluding carboxylic acids is 2. The molecule has 0 heterocycles. The summed E-state index contributed by atoms with van der Waals surface area (Å²) < 4.78 is 0. The molecule has 102 valence electrons. The van der Waals surface area contributed by atoms with Crippen molar-refractivity contribution in [1.82, 2.24) is 10.9 Å². The largest absolute Gasteiger partial charge is 0.481 e.